The molecule has 134 heavy (non-hydrogen) atoms. The molecule has 6 aromatic rings. The number of hydrogen-bond donors (Lipinski definition) is 2. The van der Waals surface area contributed by atoms with Crippen molar-refractivity contribution in [3.8, 4) is 0 Å². The molecule has 0 bridgehead atoms. The lowest BCUT2D eigenvalue weighted by molar-refractivity contribution is -0.840. The maximum absolute atomic E-state index is 13.3. The van der Waals surface area contributed by atoms with E-state index in [9.17, 15) is 219 Å². The molecule has 764 valence electrons. The van der Waals surface area contributed by atoms with Gasteiger partial charge in [0.25, 0.3) is 20.0 Å². The lowest BCUT2D eigenvalue weighted by Crippen LogP contribution is -2.41. The number of hydroxylamine groups is 6. The molecule has 64 heteroatoms. The summed E-state index contributed by atoms with van der Waals surface area (Å²) in [7, 11) is -21.2. The van der Waals surface area contributed by atoms with E-state index in [0.29, 0.717) is 13.0 Å². The fourth-order valence-electron chi connectivity index (χ4n) is 10.7. The van der Waals surface area contributed by atoms with Crippen LogP contribution in [0.3, 0.4) is 0 Å². The van der Waals surface area contributed by atoms with E-state index in [4.69, 9.17) is 0 Å². The van der Waals surface area contributed by atoms with Crippen molar-refractivity contribution >= 4 is 60.1 Å². The van der Waals surface area contributed by atoms with Crippen LogP contribution in [0.2, 0.25) is 0 Å². The molecule has 0 heterocycles. The third-order valence-corrected chi connectivity index (χ3v) is 28.4. The first-order chi connectivity index (χ1) is 59.4. The number of sulfonamides is 6. The zero-order valence-corrected chi connectivity index (χ0v) is 73.6. The number of alkyl halides is 36. The number of nitrogens with zero attached hydrogens (tertiary/aromatic N) is 6. The van der Waals surface area contributed by atoms with Crippen molar-refractivity contribution in [1.82, 2.24) is 26.7 Å². The fraction of sp³-hybridized carbons (Fsp3) is 0.486. The summed E-state index contributed by atoms with van der Waals surface area (Å²) in [6.45, 7) is -3.04. The summed E-state index contributed by atoms with van der Waals surface area (Å²) in [4.78, 5) is -2.72. The van der Waals surface area contributed by atoms with Crippen molar-refractivity contribution < 1.29 is 218 Å². The van der Waals surface area contributed by atoms with Crippen LogP contribution in [0.4, 0.5) is 158 Å². The van der Waals surface area contributed by atoms with Crippen LogP contribution in [-0.4, -0.2) is 186 Å². The Hall–Kier alpha value is -7.90. The van der Waals surface area contributed by atoms with Crippen molar-refractivity contribution in [2.75, 3.05) is 109 Å². The summed E-state index contributed by atoms with van der Waals surface area (Å²) < 4.78 is 626. The van der Waals surface area contributed by atoms with Crippen LogP contribution in [0.5, 0.6) is 0 Å². The van der Waals surface area contributed by atoms with Gasteiger partial charge < -0.3 is 29.5 Å². The third kappa shape index (κ3) is 37.4. The highest BCUT2D eigenvalue weighted by molar-refractivity contribution is 8.04. The minimum absolute atomic E-state index is 0.0105. The first-order valence-corrected chi connectivity index (χ1v) is 45.0. The average molecular weight is 2130 g/mol. The molecule has 0 unspecified atom stereocenters. The van der Waals surface area contributed by atoms with Crippen LogP contribution in [0, 0.1) is 10.4 Å². The molecule has 0 aliphatic carbocycles. The van der Waals surface area contributed by atoms with Crippen LogP contribution in [0.15, 0.2) is 129 Å². The van der Waals surface area contributed by atoms with Crippen molar-refractivity contribution in [1.29, 1.82) is 0 Å². The number of nitrogens with one attached hydrogen (secondary N) is 2. The summed E-state index contributed by atoms with van der Waals surface area (Å²) in [5, 5.41) is 23.2. The summed E-state index contributed by atoms with van der Waals surface area (Å²) in [5.41, 5.74) is -25.7. The number of quaternary nitrogens is 2. The van der Waals surface area contributed by atoms with Crippen molar-refractivity contribution in [3.05, 3.63) is 197 Å². The molecule has 0 saturated heterocycles. The predicted octanol–water partition coefficient (Wildman–Crippen LogP) is 18.4. The van der Waals surface area contributed by atoms with E-state index in [2.05, 4.69) is 0 Å². The third-order valence-electron chi connectivity index (χ3n) is 16.8. The molecule has 0 amide bonds. The van der Waals surface area contributed by atoms with Gasteiger partial charge in [-0.3, -0.25) is 0 Å². The van der Waals surface area contributed by atoms with Crippen molar-refractivity contribution in [2.45, 2.75) is 131 Å². The van der Waals surface area contributed by atoms with E-state index in [1.165, 1.54) is 33.1 Å². The normalized spacial score (nSPS) is 14.1. The van der Waals surface area contributed by atoms with Crippen LogP contribution < -0.4 is 9.44 Å². The highest BCUT2D eigenvalue weighted by Gasteiger charge is 2.48. The Labute approximate surface area is 738 Å². The SMILES string of the molecule is CN(C)CCCN(S(=O)(=O)Cc1cc(C(F)(F)F)cc(C(F)(F)F)c1)S(=O)(=O)c1cc(C(F)(F)F)cc(C(F)(F)F)c1.CN(C)CCCNS(=O)(=O)c1cc(C(F)(F)F)cc(C(F)(F)F)c1.C[N+](C)([O-])CCCN(S(=O)(=O)Cc1cc(C(F)(F)F)cc(C(F)(F)F)c1)S(=O)(=O)c1cc(C(F)(F)F)cc(C(F)(F)F)c1.C[N+](C)([O-])CCCNS(=O)(=O)c1cc(C(F)(F)F)cc(C(F)(F)F)c1. The van der Waals surface area contributed by atoms with Crippen LogP contribution in [-0.2, 0) is 146 Å². The molecule has 6 rings (SSSR count). The molecule has 0 spiro atoms. The lowest BCUT2D eigenvalue weighted by atomic mass is 10.1. The van der Waals surface area contributed by atoms with Gasteiger partial charge in [-0.25, -0.2) is 60.0 Å². The molecule has 2 N–H and O–H groups in total. The summed E-state index contributed by atoms with van der Waals surface area (Å²) in [6, 6.07) is -2.55. The van der Waals surface area contributed by atoms with E-state index in [1.807, 2.05) is 9.44 Å². The number of halogens is 36. The highest BCUT2D eigenvalue weighted by Crippen LogP contribution is 2.46. The Bertz CT molecular complexity index is 5570. The number of benzene rings is 6. The highest BCUT2D eigenvalue weighted by atomic mass is 32.3. The first kappa shape index (κ1) is 120. The molecule has 0 aromatic heterocycles. The second kappa shape index (κ2) is 42.8. The van der Waals surface area contributed by atoms with Gasteiger partial charge >= 0.3 is 74.1 Å². The van der Waals surface area contributed by atoms with Gasteiger partial charge in [-0.05, 0) is 174 Å². The van der Waals surface area contributed by atoms with Crippen molar-refractivity contribution in [3.63, 3.8) is 0 Å². The summed E-state index contributed by atoms with van der Waals surface area (Å²) in [5.74, 6) is -3.76. The fourth-order valence-corrected chi connectivity index (χ4v) is 20.8. The second-order valence-corrected chi connectivity index (χ2v) is 41.2. The van der Waals surface area contributed by atoms with Gasteiger partial charge in [-0.1, -0.05) is 7.42 Å². The van der Waals surface area contributed by atoms with Gasteiger partial charge in [0.05, 0.1) is 139 Å². The molecule has 6 aromatic carbocycles. The zero-order valence-electron chi connectivity index (χ0n) is 68.7. The number of rotatable bonds is 30. The van der Waals surface area contributed by atoms with Gasteiger partial charge in [-0.2, -0.15) is 158 Å². The zero-order chi connectivity index (χ0) is 105. The Balaban J connectivity index is 0.000000475. The predicted molar refractivity (Wildman–Crippen MR) is 398 cm³/mol. The lowest BCUT2D eigenvalue weighted by Gasteiger charge is -2.34. The average Bonchev–Trinajstić information content (AvgIpc) is 0.746. The van der Waals surface area contributed by atoms with Crippen LogP contribution in [0.1, 0.15) is 104 Å². The standard InChI is InChI=1S/C22H20F12N2O5S2.C22H20F12N2O4S2.C13H16F6N2O3S.C13H16F6N2O2S/c1-36(2,37)5-3-4-35(43(40,41)18-10-16(21(29,30)31)9-17(11-18)22(32,33)34)42(38,39)12-13-6-14(19(23,24)25)8-15(7-13)20(26,27)28;1-35(2)4-3-5-36(42(39,40)18-10-16(21(29,30)31)9-17(11-18)22(32,33)34)41(37,38)12-13-6-14(19(23,24)25)8-15(7-13)20(26,27)28;1-21(2,22)5-3-4-20-25(23,24)11-7-9(12(14,15)16)6-10(8-11)13(17,18)19;1-21(2)5-3-4-20-24(22,23)11-7-9(12(14,15)16)6-10(8-11)13(17,18)19/h6-11H,3-5,12H2,1-2H3;6-11H,3-5,12H2,1-2H3;6-8,20H,3-5H2,1-2H3;6-8,20H,3-5H2,1-2H3. The Morgan fingerprint density at radius 2 is 0.433 bits per heavy atom. The topological polar surface area (TPSA) is 288 Å². The molecule has 0 radical (unpaired) electrons. The van der Waals surface area contributed by atoms with E-state index in [-0.39, 0.29) is 130 Å². The minimum atomic E-state index is -5.95. The van der Waals surface area contributed by atoms with Gasteiger partial charge in [0.15, 0.2) is 0 Å². The molecule has 22 nitrogen and oxygen atoms in total. The van der Waals surface area contributed by atoms with E-state index in [0.717, 1.165) is 14.1 Å². The van der Waals surface area contributed by atoms with Crippen LogP contribution >= 0.6 is 0 Å². The van der Waals surface area contributed by atoms with Crippen molar-refractivity contribution in [2.24, 2.45) is 0 Å². The maximum atomic E-state index is 13.3. The number of hydrogen-bond acceptors (Lipinski definition) is 16. The van der Waals surface area contributed by atoms with Gasteiger partial charge in [0, 0.05) is 39.0 Å². The Morgan fingerprint density at radius 1 is 0.254 bits per heavy atom. The summed E-state index contributed by atoms with van der Waals surface area (Å²) >= 11 is 0. The molecule has 0 aliphatic rings. The Morgan fingerprint density at radius 3 is 0.634 bits per heavy atom. The molecular formula is C70H72F36N8O14S6. The van der Waals surface area contributed by atoms with Gasteiger partial charge in [0.2, 0.25) is 40.1 Å². The Kier molecular flexibility index (Phi) is 38.4. The maximum Gasteiger partial charge on any atom is 0.416 e. The van der Waals surface area contributed by atoms with E-state index < -0.39 is 305 Å². The molecular weight excluding hydrogens is 2050 g/mol. The molecule has 0 aliphatic heterocycles. The van der Waals surface area contributed by atoms with Gasteiger partial charge in [-0.15, -0.1) is 0 Å². The first-order valence-electron chi connectivity index (χ1n) is 36.0. The summed E-state index contributed by atoms with van der Waals surface area (Å²) in [6.07, 6.45) is -65.2. The van der Waals surface area contributed by atoms with E-state index in [1.54, 1.807) is 19.0 Å². The molecule has 0 atom stereocenters. The molecule has 0 fully saturated rings. The molecule has 0 saturated carbocycles. The van der Waals surface area contributed by atoms with E-state index >= 15 is 0 Å². The second-order valence-electron chi connectivity index (χ2n) is 29.7. The van der Waals surface area contributed by atoms with Crippen LogP contribution in [0.25, 0.3) is 0 Å². The minimum Gasteiger partial charge on any atom is -0.633 e. The van der Waals surface area contributed by atoms with Gasteiger partial charge in [0.1, 0.15) is 0 Å². The quantitative estimate of drug-likeness (QED) is 0.0183. The smallest absolute Gasteiger partial charge is 0.416 e. The monoisotopic (exact) mass is 2120 g/mol. The largest absolute Gasteiger partial charge is 0.633 e.